The fourth-order valence-corrected chi connectivity index (χ4v) is 6.62. The van der Waals surface area contributed by atoms with Crippen molar-refractivity contribution in [2.24, 2.45) is 5.10 Å². The molecule has 45 heavy (non-hydrogen) atoms. The molecule has 236 valence electrons. The number of rotatable bonds is 12. The number of hydrazone groups is 1. The summed E-state index contributed by atoms with van der Waals surface area (Å²) in [6, 6.07) is 14.9. The van der Waals surface area contributed by atoms with Crippen LogP contribution in [0.4, 0.5) is 4.79 Å². The second-order valence-electron chi connectivity index (χ2n) is 9.51. The van der Waals surface area contributed by atoms with Crippen molar-refractivity contribution >= 4 is 80.9 Å². The Balaban J connectivity index is 1.41. The van der Waals surface area contributed by atoms with E-state index in [1.54, 1.807) is 38.1 Å². The van der Waals surface area contributed by atoms with E-state index in [1.807, 2.05) is 30.3 Å². The fraction of sp³-hybridized carbons (Fsp3) is 0.226. The normalized spacial score (nSPS) is 14.4. The molecule has 0 saturated heterocycles. The van der Waals surface area contributed by atoms with Crippen LogP contribution in [0.25, 0.3) is 0 Å². The number of benzene rings is 3. The van der Waals surface area contributed by atoms with Crippen LogP contribution in [0.2, 0.25) is 5.02 Å². The number of hydrogen-bond donors (Lipinski definition) is 3. The van der Waals surface area contributed by atoms with E-state index in [-0.39, 0.29) is 24.5 Å². The molecule has 0 unspecified atom stereocenters. The van der Waals surface area contributed by atoms with Gasteiger partial charge >= 0.3 is 12.0 Å². The van der Waals surface area contributed by atoms with E-state index in [0.717, 1.165) is 12.7 Å². The van der Waals surface area contributed by atoms with Crippen LogP contribution < -0.4 is 30.3 Å². The van der Waals surface area contributed by atoms with E-state index < -0.39 is 23.9 Å². The summed E-state index contributed by atoms with van der Waals surface area (Å²) in [6.45, 7) is 3.46. The lowest BCUT2D eigenvalue weighted by atomic mass is 9.95. The van der Waals surface area contributed by atoms with Crippen LogP contribution in [-0.2, 0) is 20.9 Å². The summed E-state index contributed by atoms with van der Waals surface area (Å²) in [5, 5.41) is 10.1. The molecule has 3 amide bonds. The standard InChI is InChI=1S/C31H29ClI2N4O7/c1-4-43-30(40)27-17(2)36-31(41)37-28(27)19-8-9-24(25(12-19)42-3)44-16-26(39)38-35-14-20-11-22(33)13-23(34)29(20)45-15-18-6-5-7-21(32)10-18/h5-14,28H,4,15-16H2,1-3H3,(H,38,39)(H2,36,37,41)/b35-14+/t28-/m1/s1. The quantitative estimate of drug-likeness (QED) is 0.0900. The zero-order valence-electron chi connectivity index (χ0n) is 24.4. The van der Waals surface area contributed by atoms with E-state index in [2.05, 4.69) is 66.3 Å². The monoisotopic (exact) mass is 858 g/mol. The van der Waals surface area contributed by atoms with Gasteiger partial charge in [-0.3, -0.25) is 4.79 Å². The highest BCUT2D eigenvalue weighted by Gasteiger charge is 2.32. The highest BCUT2D eigenvalue weighted by atomic mass is 127. The fourth-order valence-electron chi connectivity index (χ4n) is 4.37. The van der Waals surface area contributed by atoms with Gasteiger partial charge in [-0.05, 0) is 107 Å². The number of carbonyl (C=O) groups excluding carboxylic acids is 3. The molecular weight excluding hydrogens is 830 g/mol. The number of nitrogens with zero attached hydrogens (tertiary/aromatic N) is 1. The third kappa shape index (κ3) is 9.23. The zero-order chi connectivity index (χ0) is 32.5. The Labute approximate surface area is 292 Å². The predicted molar refractivity (Wildman–Crippen MR) is 186 cm³/mol. The SMILES string of the molecule is CCOC(=O)C1=C(C)NC(=O)N[C@@H]1c1ccc(OCC(=O)N/N=C/c2cc(I)cc(I)c2OCc2cccc(Cl)c2)c(OC)c1. The Morgan fingerprint density at radius 3 is 2.62 bits per heavy atom. The van der Waals surface area contributed by atoms with Crippen molar-refractivity contribution < 1.29 is 33.3 Å². The lowest BCUT2D eigenvalue weighted by Crippen LogP contribution is -2.45. The van der Waals surface area contributed by atoms with Gasteiger partial charge in [0.25, 0.3) is 5.91 Å². The largest absolute Gasteiger partial charge is 0.493 e. The molecule has 11 nitrogen and oxygen atoms in total. The molecule has 0 radical (unpaired) electrons. The second-order valence-corrected chi connectivity index (χ2v) is 12.4. The Hall–Kier alpha value is -3.57. The van der Waals surface area contributed by atoms with E-state index in [1.165, 1.54) is 13.3 Å². The molecule has 1 aliphatic heterocycles. The lowest BCUT2D eigenvalue weighted by molar-refractivity contribution is -0.139. The summed E-state index contributed by atoms with van der Waals surface area (Å²) in [5.41, 5.74) is 5.28. The predicted octanol–water partition coefficient (Wildman–Crippen LogP) is 5.86. The molecule has 1 heterocycles. The summed E-state index contributed by atoms with van der Waals surface area (Å²) in [7, 11) is 1.44. The molecular formula is C31H29ClI2N4O7. The van der Waals surface area contributed by atoms with E-state index in [9.17, 15) is 14.4 Å². The molecule has 1 atom stereocenters. The average Bonchev–Trinajstić information content (AvgIpc) is 2.99. The summed E-state index contributed by atoms with van der Waals surface area (Å²) in [5.74, 6) is 0.142. The first-order chi connectivity index (χ1) is 21.6. The smallest absolute Gasteiger partial charge is 0.338 e. The number of allylic oxidation sites excluding steroid dienone is 1. The lowest BCUT2D eigenvalue weighted by Gasteiger charge is -2.28. The molecule has 0 fully saturated rings. The first-order valence-electron chi connectivity index (χ1n) is 13.5. The zero-order valence-corrected chi connectivity index (χ0v) is 29.5. The maximum atomic E-state index is 12.6. The minimum atomic E-state index is -0.776. The molecule has 0 spiro atoms. The first-order valence-corrected chi connectivity index (χ1v) is 16.1. The first kappa shape index (κ1) is 34.3. The van der Waals surface area contributed by atoms with Crippen molar-refractivity contribution in [3.63, 3.8) is 0 Å². The summed E-state index contributed by atoms with van der Waals surface area (Å²) >= 11 is 10.5. The van der Waals surface area contributed by atoms with Crippen molar-refractivity contribution in [3.05, 3.63) is 94.7 Å². The van der Waals surface area contributed by atoms with Crippen LogP contribution in [0.1, 0.15) is 36.6 Å². The maximum absolute atomic E-state index is 12.6. The number of amides is 3. The Bertz CT molecular complexity index is 1660. The average molecular weight is 859 g/mol. The third-order valence-corrected chi connectivity index (χ3v) is 8.01. The minimum Gasteiger partial charge on any atom is -0.493 e. The summed E-state index contributed by atoms with van der Waals surface area (Å²) < 4.78 is 24.3. The van der Waals surface area contributed by atoms with Crippen molar-refractivity contribution in [2.45, 2.75) is 26.5 Å². The Morgan fingerprint density at radius 1 is 1.09 bits per heavy atom. The molecule has 0 aliphatic carbocycles. The van der Waals surface area contributed by atoms with Gasteiger partial charge in [-0.2, -0.15) is 5.10 Å². The number of esters is 1. The van der Waals surface area contributed by atoms with Gasteiger partial charge in [0, 0.05) is 19.9 Å². The number of ether oxygens (including phenoxy) is 4. The topological polar surface area (TPSA) is 137 Å². The summed E-state index contributed by atoms with van der Waals surface area (Å²) in [6.07, 6.45) is 1.51. The van der Waals surface area contributed by atoms with Crippen LogP contribution in [-0.4, -0.2) is 44.4 Å². The number of urea groups is 1. The van der Waals surface area contributed by atoms with Gasteiger partial charge in [0.1, 0.15) is 12.4 Å². The number of nitrogens with one attached hydrogen (secondary N) is 3. The number of carbonyl (C=O) groups is 3. The summed E-state index contributed by atoms with van der Waals surface area (Å²) in [4.78, 5) is 37.4. The minimum absolute atomic E-state index is 0.182. The van der Waals surface area contributed by atoms with Crippen LogP contribution in [0, 0.1) is 7.14 Å². The molecule has 0 aromatic heterocycles. The molecule has 0 bridgehead atoms. The molecule has 0 saturated carbocycles. The van der Waals surface area contributed by atoms with Crippen molar-refractivity contribution in [1.82, 2.24) is 16.1 Å². The van der Waals surface area contributed by atoms with E-state index in [4.69, 9.17) is 30.5 Å². The second kappa shape index (κ2) is 16.1. The van der Waals surface area contributed by atoms with Gasteiger partial charge in [0.05, 0.1) is 35.1 Å². The molecule has 3 aromatic carbocycles. The van der Waals surface area contributed by atoms with Crippen molar-refractivity contribution in [1.29, 1.82) is 0 Å². The van der Waals surface area contributed by atoms with Crippen LogP contribution in [0.3, 0.4) is 0 Å². The number of halogens is 3. The van der Waals surface area contributed by atoms with Gasteiger partial charge in [-0.25, -0.2) is 15.0 Å². The van der Waals surface area contributed by atoms with Gasteiger partial charge in [0.15, 0.2) is 18.1 Å². The highest BCUT2D eigenvalue weighted by Crippen LogP contribution is 2.35. The van der Waals surface area contributed by atoms with Crippen molar-refractivity contribution in [2.75, 3.05) is 20.3 Å². The van der Waals surface area contributed by atoms with Gasteiger partial charge in [-0.1, -0.05) is 29.8 Å². The van der Waals surface area contributed by atoms with Gasteiger partial charge < -0.3 is 29.6 Å². The van der Waals surface area contributed by atoms with E-state index >= 15 is 0 Å². The van der Waals surface area contributed by atoms with E-state index in [0.29, 0.717) is 40.0 Å². The molecule has 14 heteroatoms. The maximum Gasteiger partial charge on any atom is 0.338 e. The molecule has 3 N–H and O–H groups in total. The van der Waals surface area contributed by atoms with Gasteiger partial charge in [-0.15, -0.1) is 0 Å². The molecule has 4 rings (SSSR count). The van der Waals surface area contributed by atoms with Crippen LogP contribution >= 0.6 is 56.8 Å². The molecule has 1 aliphatic rings. The van der Waals surface area contributed by atoms with Crippen LogP contribution in [0.15, 0.2) is 71.0 Å². The van der Waals surface area contributed by atoms with Crippen molar-refractivity contribution in [3.8, 4) is 17.2 Å². The molecule has 3 aromatic rings. The van der Waals surface area contributed by atoms with Crippen LogP contribution in [0.5, 0.6) is 17.2 Å². The Kier molecular flexibility index (Phi) is 12.3. The van der Waals surface area contributed by atoms with Gasteiger partial charge in [0.2, 0.25) is 0 Å². The number of hydrogen-bond acceptors (Lipinski definition) is 8. The Morgan fingerprint density at radius 2 is 1.89 bits per heavy atom. The number of methoxy groups -OCH3 is 1. The highest BCUT2D eigenvalue weighted by molar-refractivity contribution is 14.1. The third-order valence-electron chi connectivity index (χ3n) is 6.35.